The minimum absolute atomic E-state index is 0.917. The molecule has 1 aliphatic rings. The molecule has 0 aromatic carbocycles. The number of hydrogen-bond donors (Lipinski definition) is 2. The molecular weight excluding hydrogens is 184 g/mol. The Labute approximate surface area is 87.3 Å². The van der Waals surface area contributed by atoms with Crippen LogP contribution in [0.25, 0.3) is 0 Å². The molecule has 1 aliphatic carbocycles. The Morgan fingerprint density at radius 1 is 0.917 bits per heavy atom. The van der Waals surface area contributed by atoms with Crippen LogP contribution in [-0.4, -0.2) is 11.5 Å². The maximum absolute atomic E-state index is 4.35. The zero-order chi connectivity index (χ0) is 8.81. The zero-order valence-corrected chi connectivity index (χ0v) is 9.49. The molecule has 0 N–H and O–H groups in total. The van der Waals surface area contributed by atoms with Gasteiger partial charge in [0.15, 0.2) is 0 Å². The summed E-state index contributed by atoms with van der Waals surface area (Å²) in [7, 11) is 0. The van der Waals surface area contributed by atoms with Gasteiger partial charge in [-0.25, -0.2) is 0 Å². The maximum Gasteiger partial charge on any atom is -0.00695 e. The van der Waals surface area contributed by atoms with E-state index in [9.17, 15) is 0 Å². The van der Waals surface area contributed by atoms with Gasteiger partial charge in [0.1, 0.15) is 0 Å². The molecule has 0 aliphatic heterocycles. The van der Waals surface area contributed by atoms with Gasteiger partial charge in [0.25, 0.3) is 0 Å². The summed E-state index contributed by atoms with van der Waals surface area (Å²) in [6, 6.07) is 0. The molecule has 0 spiro atoms. The molecule has 1 saturated carbocycles. The van der Waals surface area contributed by atoms with Gasteiger partial charge < -0.3 is 0 Å². The third kappa shape index (κ3) is 3.61. The van der Waals surface area contributed by atoms with E-state index < -0.39 is 0 Å². The van der Waals surface area contributed by atoms with Gasteiger partial charge in [0.2, 0.25) is 0 Å². The number of hydrogen-bond acceptors (Lipinski definition) is 2. The van der Waals surface area contributed by atoms with E-state index in [0.717, 1.165) is 23.3 Å². The largest absolute Gasteiger partial charge is 0.179 e. The van der Waals surface area contributed by atoms with Crippen molar-refractivity contribution in [1.29, 1.82) is 0 Å². The standard InChI is InChI=1S/C10H20S2/c11-7-1-2-9-3-5-10(8-12)6-4-9/h9-12H,1-8H2. The summed E-state index contributed by atoms with van der Waals surface area (Å²) >= 11 is 8.60. The van der Waals surface area contributed by atoms with Crippen molar-refractivity contribution in [1.82, 2.24) is 0 Å². The Hall–Kier alpha value is 0.700. The second-order valence-corrected chi connectivity index (χ2v) is 4.75. The van der Waals surface area contributed by atoms with Gasteiger partial charge in [-0.1, -0.05) is 12.8 Å². The average Bonchev–Trinajstić information content (AvgIpc) is 2.15. The van der Waals surface area contributed by atoms with E-state index in [1.807, 2.05) is 0 Å². The fourth-order valence-electron chi connectivity index (χ4n) is 2.08. The monoisotopic (exact) mass is 204 g/mol. The lowest BCUT2D eigenvalue weighted by Gasteiger charge is -2.27. The van der Waals surface area contributed by atoms with Crippen molar-refractivity contribution in [2.45, 2.75) is 38.5 Å². The van der Waals surface area contributed by atoms with Gasteiger partial charge in [0, 0.05) is 0 Å². The van der Waals surface area contributed by atoms with Gasteiger partial charge in [-0.15, -0.1) is 0 Å². The van der Waals surface area contributed by atoms with Crippen LogP contribution in [0.3, 0.4) is 0 Å². The molecule has 0 radical (unpaired) electrons. The molecule has 1 rings (SSSR count). The Kier molecular flexibility index (Phi) is 5.57. The Balaban J connectivity index is 2.09. The first-order valence-corrected chi connectivity index (χ1v) is 6.35. The summed E-state index contributed by atoms with van der Waals surface area (Å²) in [6.45, 7) is 0. The summed E-state index contributed by atoms with van der Waals surface area (Å²) in [6.07, 6.45) is 8.43. The normalized spacial score (nSPS) is 30.5. The Morgan fingerprint density at radius 3 is 2.00 bits per heavy atom. The van der Waals surface area contributed by atoms with Gasteiger partial charge in [-0.2, -0.15) is 25.3 Å². The lowest BCUT2D eigenvalue weighted by molar-refractivity contribution is 0.280. The maximum atomic E-state index is 4.35. The fourth-order valence-corrected chi connectivity index (χ4v) is 2.63. The predicted molar refractivity (Wildman–Crippen MR) is 62.4 cm³/mol. The molecule has 72 valence electrons. The lowest BCUT2D eigenvalue weighted by Crippen LogP contribution is -2.15. The lowest BCUT2D eigenvalue weighted by atomic mass is 9.81. The van der Waals surface area contributed by atoms with E-state index in [1.54, 1.807) is 0 Å². The van der Waals surface area contributed by atoms with Gasteiger partial charge in [-0.3, -0.25) is 0 Å². The summed E-state index contributed by atoms with van der Waals surface area (Å²) in [5, 5.41) is 0. The predicted octanol–water partition coefficient (Wildman–Crippen LogP) is 3.43. The number of thiol groups is 2. The minimum atomic E-state index is 0.917. The third-order valence-corrected chi connectivity index (χ3v) is 3.83. The van der Waals surface area contributed by atoms with Crippen molar-refractivity contribution in [3.8, 4) is 0 Å². The highest BCUT2D eigenvalue weighted by Gasteiger charge is 2.19. The molecule has 0 bridgehead atoms. The van der Waals surface area contributed by atoms with Crippen LogP contribution in [0.5, 0.6) is 0 Å². The van der Waals surface area contributed by atoms with Crippen LogP contribution >= 0.6 is 25.3 Å². The molecule has 0 amide bonds. The zero-order valence-electron chi connectivity index (χ0n) is 7.71. The van der Waals surface area contributed by atoms with Gasteiger partial charge in [-0.05, 0) is 49.0 Å². The second kappa shape index (κ2) is 6.20. The third-order valence-electron chi connectivity index (χ3n) is 3.00. The van der Waals surface area contributed by atoms with Crippen LogP contribution in [0.15, 0.2) is 0 Å². The highest BCUT2D eigenvalue weighted by Crippen LogP contribution is 2.31. The molecule has 0 aromatic rings. The Bertz CT molecular complexity index is 106. The van der Waals surface area contributed by atoms with Crippen molar-refractivity contribution in [3.63, 3.8) is 0 Å². The molecule has 0 aromatic heterocycles. The van der Waals surface area contributed by atoms with Crippen molar-refractivity contribution in [2.24, 2.45) is 11.8 Å². The molecular formula is C10H20S2. The topological polar surface area (TPSA) is 0 Å². The summed E-state index contributed by atoms with van der Waals surface area (Å²) in [5.41, 5.74) is 0. The average molecular weight is 204 g/mol. The number of rotatable bonds is 4. The summed E-state index contributed by atoms with van der Waals surface area (Å²) < 4.78 is 0. The van der Waals surface area contributed by atoms with E-state index in [2.05, 4.69) is 25.3 Å². The second-order valence-electron chi connectivity index (χ2n) is 3.94. The SMILES string of the molecule is SCCCC1CCC(CS)CC1. The fraction of sp³-hybridized carbons (Fsp3) is 1.00. The van der Waals surface area contributed by atoms with Crippen molar-refractivity contribution < 1.29 is 0 Å². The molecule has 0 saturated heterocycles. The van der Waals surface area contributed by atoms with Crippen LogP contribution in [0.2, 0.25) is 0 Å². The van der Waals surface area contributed by atoms with Crippen LogP contribution in [-0.2, 0) is 0 Å². The van der Waals surface area contributed by atoms with E-state index in [1.165, 1.54) is 38.5 Å². The first kappa shape index (κ1) is 10.8. The quantitative estimate of drug-likeness (QED) is 0.644. The van der Waals surface area contributed by atoms with Crippen LogP contribution in [0.4, 0.5) is 0 Å². The highest BCUT2D eigenvalue weighted by atomic mass is 32.1. The van der Waals surface area contributed by atoms with Crippen molar-refractivity contribution in [3.05, 3.63) is 0 Å². The molecule has 12 heavy (non-hydrogen) atoms. The van der Waals surface area contributed by atoms with Crippen LogP contribution in [0.1, 0.15) is 38.5 Å². The van der Waals surface area contributed by atoms with Crippen molar-refractivity contribution >= 4 is 25.3 Å². The van der Waals surface area contributed by atoms with Gasteiger partial charge in [0.05, 0.1) is 0 Å². The molecule has 0 unspecified atom stereocenters. The van der Waals surface area contributed by atoms with Crippen LogP contribution < -0.4 is 0 Å². The smallest absolute Gasteiger partial charge is 0.00695 e. The van der Waals surface area contributed by atoms with E-state index >= 15 is 0 Å². The van der Waals surface area contributed by atoms with Crippen molar-refractivity contribution in [2.75, 3.05) is 11.5 Å². The Morgan fingerprint density at radius 2 is 1.50 bits per heavy atom. The van der Waals surface area contributed by atoms with Crippen LogP contribution in [0, 0.1) is 11.8 Å². The van der Waals surface area contributed by atoms with E-state index in [-0.39, 0.29) is 0 Å². The van der Waals surface area contributed by atoms with E-state index in [4.69, 9.17) is 0 Å². The first-order valence-electron chi connectivity index (χ1n) is 5.08. The van der Waals surface area contributed by atoms with E-state index in [0.29, 0.717) is 0 Å². The molecule has 1 fully saturated rings. The summed E-state index contributed by atoms with van der Waals surface area (Å²) in [4.78, 5) is 0. The molecule has 0 nitrogen and oxygen atoms in total. The molecule has 2 heteroatoms. The van der Waals surface area contributed by atoms with Gasteiger partial charge >= 0.3 is 0 Å². The highest BCUT2D eigenvalue weighted by molar-refractivity contribution is 7.80. The minimum Gasteiger partial charge on any atom is -0.179 e. The summed E-state index contributed by atoms with van der Waals surface area (Å²) in [5.74, 6) is 4.08. The molecule has 0 heterocycles. The molecule has 0 atom stereocenters. The first-order chi connectivity index (χ1) is 5.86.